The molecule has 3 aromatic carbocycles. The van der Waals surface area contributed by atoms with Crippen molar-refractivity contribution < 1.29 is 23.8 Å². The topological polar surface area (TPSA) is 68.3 Å². The number of rotatable bonds is 5. The first-order valence-corrected chi connectivity index (χ1v) is 14.4. The average Bonchev–Trinajstić information content (AvgIpc) is 3.33. The maximum Gasteiger partial charge on any atom is 0.410 e. The molecule has 1 amide bonds. The number of piperidine rings is 1. The highest BCUT2D eigenvalue weighted by atomic mass is 16.6. The van der Waals surface area contributed by atoms with Gasteiger partial charge in [0.1, 0.15) is 6.61 Å². The molecular weight excluding hydrogens is 504 g/mol. The molecule has 7 heteroatoms. The van der Waals surface area contributed by atoms with Crippen LogP contribution in [-0.4, -0.2) is 75.0 Å². The second-order valence-corrected chi connectivity index (χ2v) is 11.2. The minimum atomic E-state index is -0.305. The number of ketones is 1. The SMILES string of the molecule is O=C(c1ccc(N2CCOCC2)cc1)C1CC2COCC(C1)N2C(=O)OCC1c2ccccc2-c2ccccc21. The van der Waals surface area contributed by atoms with E-state index in [2.05, 4.69) is 41.3 Å². The lowest BCUT2D eigenvalue weighted by Gasteiger charge is -2.47. The Kier molecular flexibility index (Phi) is 6.77. The van der Waals surface area contributed by atoms with Gasteiger partial charge in [0.25, 0.3) is 0 Å². The van der Waals surface area contributed by atoms with E-state index in [0.717, 1.165) is 37.6 Å². The van der Waals surface area contributed by atoms with Gasteiger partial charge in [-0.1, -0.05) is 48.5 Å². The average molecular weight is 539 g/mol. The summed E-state index contributed by atoms with van der Waals surface area (Å²) in [5.41, 5.74) is 6.67. The Morgan fingerprint density at radius 1 is 0.775 bits per heavy atom. The van der Waals surface area contributed by atoms with Crippen molar-refractivity contribution in [3.8, 4) is 11.1 Å². The van der Waals surface area contributed by atoms with Gasteiger partial charge in [0.15, 0.2) is 5.78 Å². The quantitative estimate of drug-likeness (QED) is 0.420. The Balaban J connectivity index is 1.02. The summed E-state index contributed by atoms with van der Waals surface area (Å²) in [4.78, 5) is 31.1. The summed E-state index contributed by atoms with van der Waals surface area (Å²) in [7, 11) is 0. The second kappa shape index (κ2) is 10.7. The molecule has 2 unspecified atom stereocenters. The summed E-state index contributed by atoms with van der Waals surface area (Å²) in [6.45, 7) is 4.35. The molecular formula is C33H34N2O5. The summed E-state index contributed by atoms with van der Waals surface area (Å²) in [5.74, 6) is 0.0374. The summed E-state index contributed by atoms with van der Waals surface area (Å²) >= 11 is 0. The number of hydrogen-bond acceptors (Lipinski definition) is 6. The van der Waals surface area contributed by atoms with Gasteiger partial charge >= 0.3 is 6.09 Å². The smallest absolute Gasteiger partial charge is 0.410 e. The fraction of sp³-hybridized carbons (Fsp3) is 0.394. The number of benzene rings is 3. The van der Waals surface area contributed by atoms with E-state index in [1.165, 1.54) is 22.3 Å². The maximum atomic E-state index is 13.5. The molecule has 40 heavy (non-hydrogen) atoms. The second-order valence-electron chi connectivity index (χ2n) is 11.2. The van der Waals surface area contributed by atoms with E-state index in [9.17, 15) is 9.59 Å². The number of fused-ring (bicyclic) bond motifs is 5. The number of Topliss-reactive ketones (excluding diaryl/α,β-unsaturated/α-hetero) is 1. The zero-order chi connectivity index (χ0) is 27.1. The predicted octanol–water partition coefficient (Wildman–Crippen LogP) is 5.13. The van der Waals surface area contributed by atoms with Crippen LogP contribution in [0.5, 0.6) is 0 Å². The van der Waals surface area contributed by atoms with Crippen molar-refractivity contribution in [3.63, 3.8) is 0 Å². The van der Waals surface area contributed by atoms with E-state index in [1.807, 2.05) is 41.3 Å². The van der Waals surface area contributed by atoms with Gasteiger partial charge in [0.2, 0.25) is 0 Å². The van der Waals surface area contributed by atoms with E-state index in [1.54, 1.807) is 0 Å². The van der Waals surface area contributed by atoms with Crippen LogP contribution in [-0.2, 0) is 14.2 Å². The van der Waals surface area contributed by atoms with Crippen molar-refractivity contribution in [1.82, 2.24) is 4.90 Å². The number of nitrogens with zero attached hydrogens (tertiary/aromatic N) is 2. The molecule has 0 aromatic heterocycles. The van der Waals surface area contributed by atoms with E-state index < -0.39 is 0 Å². The third-order valence-electron chi connectivity index (χ3n) is 8.97. The predicted molar refractivity (Wildman–Crippen MR) is 152 cm³/mol. The van der Waals surface area contributed by atoms with Gasteiger partial charge in [-0.2, -0.15) is 0 Å². The molecule has 2 bridgehead atoms. The Morgan fingerprint density at radius 3 is 2.00 bits per heavy atom. The van der Waals surface area contributed by atoms with E-state index in [0.29, 0.717) is 32.7 Å². The zero-order valence-electron chi connectivity index (χ0n) is 22.5. The number of hydrogen-bond donors (Lipinski definition) is 0. The molecule has 3 heterocycles. The number of carbonyl (C=O) groups is 2. The Labute approximate surface area is 234 Å². The standard InChI is InChI=1S/C33H34N2O5/c36-32(22-9-11-24(12-10-22)34-13-15-38-16-14-34)23-17-25-19-39-20-26(18-23)35(25)33(37)40-21-31-29-7-3-1-5-27(29)28-6-2-4-8-30(28)31/h1-12,23,25-26,31H,13-21H2. The summed E-state index contributed by atoms with van der Waals surface area (Å²) in [5, 5.41) is 0. The van der Waals surface area contributed by atoms with Gasteiger partial charge in [0.05, 0.1) is 38.5 Å². The lowest BCUT2D eigenvalue weighted by atomic mass is 9.81. The van der Waals surface area contributed by atoms with Crippen molar-refractivity contribution in [2.24, 2.45) is 5.92 Å². The molecule has 3 saturated heterocycles. The Morgan fingerprint density at radius 2 is 1.38 bits per heavy atom. The van der Waals surface area contributed by atoms with Crippen LogP contribution < -0.4 is 4.90 Å². The van der Waals surface area contributed by atoms with Crippen LogP contribution in [0.3, 0.4) is 0 Å². The molecule has 0 spiro atoms. The van der Waals surface area contributed by atoms with E-state index in [-0.39, 0.29) is 35.8 Å². The Bertz CT molecular complexity index is 1340. The highest BCUT2D eigenvalue weighted by Crippen LogP contribution is 2.45. The molecule has 0 saturated carbocycles. The van der Waals surface area contributed by atoms with Gasteiger partial charge in [-0.25, -0.2) is 4.79 Å². The molecule has 7 rings (SSSR count). The largest absolute Gasteiger partial charge is 0.448 e. The van der Waals surface area contributed by atoms with Crippen LogP contribution in [0, 0.1) is 5.92 Å². The van der Waals surface area contributed by atoms with Gasteiger partial charge < -0.3 is 19.1 Å². The third-order valence-corrected chi connectivity index (χ3v) is 8.97. The van der Waals surface area contributed by atoms with Crippen molar-refractivity contribution in [2.45, 2.75) is 30.8 Å². The molecule has 1 aliphatic carbocycles. The minimum absolute atomic E-state index is 0.0204. The van der Waals surface area contributed by atoms with E-state index >= 15 is 0 Å². The third kappa shape index (κ3) is 4.57. The van der Waals surface area contributed by atoms with Crippen LogP contribution in [0.2, 0.25) is 0 Å². The Hall–Kier alpha value is -3.68. The highest BCUT2D eigenvalue weighted by Gasteiger charge is 2.45. The first kappa shape index (κ1) is 25.3. The monoisotopic (exact) mass is 538 g/mol. The number of ether oxygens (including phenoxy) is 3. The van der Waals surface area contributed by atoms with Gasteiger partial charge in [-0.05, 0) is 59.4 Å². The van der Waals surface area contributed by atoms with Gasteiger partial charge in [-0.15, -0.1) is 0 Å². The fourth-order valence-electron chi connectivity index (χ4n) is 6.99. The zero-order valence-corrected chi connectivity index (χ0v) is 22.5. The summed E-state index contributed by atoms with van der Waals surface area (Å²) < 4.78 is 17.3. The van der Waals surface area contributed by atoms with Crippen molar-refractivity contribution in [2.75, 3.05) is 51.0 Å². The number of anilines is 1. The van der Waals surface area contributed by atoms with Crippen LogP contribution >= 0.6 is 0 Å². The molecule has 3 aliphatic heterocycles. The lowest BCUT2D eigenvalue weighted by molar-refractivity contribution is -0.0747. The lowest BCUT2D eigenvalue weighted by Crippen LogP contribution is -2.60. The summed E-state index contributed by atoms with van der Waals surface area (Å²) in [6, 6.07) is 24.3. The highest BCUT2D eigenvalue weighted by molar-refractivity contribution is 5.98. The molecule has 206 valence electrons. The van der Waals surface area contributed by atoms with Crippen LogP contribution in [0.15, 0.2) is 72.8 Å². The van der Waals surface area contributed by atoms with Crippen LogP contribution in [0.1, 0.15) is 40.2 Å². The van der Waals surface area contributed by atoms with Gasteiger partial charge in [0, 0.05) is 36.2 Å². The van der Waals surface area contributed by atoms with Crippen molar-refractivity contribution in [1.29, 1.82) is 0 Å². The number of amides is 1. The molecule has 3 fully saturated rings. The number of morpholine rings is 2. The molecule has 7 nitrogen and oxygen atoms in total. The normalized spacial score (nSPS) is 23.9. The molecule has 4 aliphatic rings. The maximum absolute atomic E-state index is 13.5. The molecule has 2 atom stereocenters. The molecule has 0 radical (unpaired) electrons. The van der Waals surface area contributed by atoms with E-state index in [4.69, 9.17) is 14.2 Å². The molecule has 0 N–H and O–H groups in total. The summed E-state index contributed by atoms with van der Waals surface area (Å²) in [6.07, 6.45) is 0.871. The number of carbonyl (C=O) groups excluding carboxylic acids is 2. The van der Waals surface area contributed by atoms with Gasteiger partial charge in [-0.3, -0.25) is 9.69 Å². The first-order valence-electron chi connectivity index (χ1n) is 14.4. The minimum Gasteiger partial charge on any atom is -0.448 e. The first-order chi connectivity index (χ1) is 19.7. The van der Waals surface area contributed by atoms with Crippen LogP contribution in [0.4, 0.5) is 10.5 Å². The van der Waals surface area contributed by atoms with Crippen molar-refractivity contribution in [3.05, 3.63) is 89.5 Å². The van der Waals surface area contributed by atoms with Crippen LogP contribution in [0.25, 0.3) is 11.1 Å². The fourth-order valence-corrected chi connectivity index (χ4v) is 6.99. The molecule has 3 aromatic rings. The van der Waals surface area contributed by atoms with Crippen molar-refractivity contribution >= 4 is 17.6 Å².